The second-order valence-corrected chi connectivity index (χ2v) is 5.89. The number of halogens is 1. The summed E-state index contributed by atoms with van der Waals surface area (Å²) in [6.45, 7) is 5.78. The van der Waals surface area contributed by atoms with Gasteiger partial charge in [0.05, 0.1) is 11.0 Å². The van der Waals surface area contributed by atoms with Crippen molar-refractivity contribution in [2.75, 3.05) is 0 Å². The number of nitro groups is 1. The molecule has 88 valence electrons. The Morgan fingerprint density at radius 1 is 1.44 bits per heavy atom. The third-order valence-electron chi connectivity index (χ3n) is 2.31. The molecule has 0 aliphatic heterocycles. The number of aliphatic hydroxyl groups is 1. The maximum atomic E-state index is 10.6. The number of nitrogens with zero attached hydrogens (tertiary/aromatic N) is 1. The summed E-state index contributed by atoms with van der Waals surface area (Å²) in [6, 6.07) is 4.52. The first kappa shape index (κ1) is 13.4. The molecular formula is C11H14INO3. The van der Waals surface area contributed by atoms with Crippen molar-refractivity contribution in [3.63, 3.8) is 0 Å². The van der Waals surface area contributed by atoms with Gasteiger partial charge in [0, 0.05) is 15.7 Å². The Balaban J connectivity index is 3.13. The molecule has 0 bridgehead atoms. The molecule has 0 radical (unpaired) electrons. The van der Waals surface area contributed by atoms with Crippen molar-refractivity contribution >= 4 is 28.3 Å². The average Bonchev–Trinajstić information content (AvgIpc) is 2.15. The lowest BCUT2D eigenvalue weighted by Gasteiger charge is -2.26. The average molecular weight is 335 g/mol. The Kier molecular flexibility index (Phi) is 3.90. The van der Waals surface area contributed by atoms with Gasteiger partial charge in [-0.25, -0.2) is 0 Å². The van der Waals surface area contributed by atoms with Crippen LogP contribution in [0, 0.1) is 19.1 Å². The fourth-order valence-corrected chi connectivity index (χ4v) is 2.11. The second kappa shape index (κ2) is 4.67. The standard InChI is InChI=1S/C11H14INO3/c1-11(2,3)10(14)8-5-4-7(13(15)16)6-9(8)12/h4-6,10,14H,1-3H3. The summed E-state index contributed by atoms with van der Waals surface area (Å²) in [7, 11) is 0. The van der Waals surface area contributed by atoms with E-state index in [9.17, 15) is 15.2 Å². The molecule has 0 fully saturated rings. The van der Waals surface area contributed by atoms with Crippen LogP contribution in [0.25, 0.3) is 0 Å². The molecule has 1 unspecified atom stereocenters. The molecule has 0 amide bonds. The van der Waals surface area contributed by atoms with E-state index in [0.29, 0.717) is 3.57 Å². The molecule has 1 N–H and O–H groups in total. The quantitative estimate of drug-likeness (QED) is 0.512. The molecule has 1 rings (SSSR count). The van der Waals surface area contributed by atoms with E-state index in [-0.39, 0.29) is 11.1 Å². The topological polar surface area (TPSA) is 63.4 Å². The van der Waals surface area contributed by atoms with Crippen molar-refractivity contribution in [2.24, 2.45) is 5.41 Å². The van der Waals surface area contributed by atoms with Crippen LogP contribution in [0.3, 0.4) is 0 Å². The highest BCUT2D eigenvalue weighted by Gasteiger charge is 2.26. The highest BCUT2D eigenvalue weighted by molar-refractivity contribution is 14.1. The fraction of sp³-hybridized carbons (Fsp3) is 0.455. The third kappa shape index (κ3) is 2.91. The molecule has 4 nitrogen and oxygen atoms in total. The smallest absolute Gasteiger partial charge is 0.270 e. The minimum Gasteiger partial charge on any atom is -0.388 e. The molecular weight excluding hydrogens is 321 g/mol. The van der Waals surface area contributed by atoms with Gasteiger partial charge in [0.2, 0.25) is 0 Å². The van der Waals surface area contributed by atoms with Crippen molar-refractivity contribution in [1.29, 1.82) is 0 Å². The molecule has 0 aromatic heterocycles. The van der Waals surface area contributed by atoms with Gasteiger partial charge >= 0.3 is 0 Å². The molecule has 16 heavy (non-hydrogen) atoms. The van der Waals surface area contributed by atoms with Crippen LogP contribution in [-0.2, 0) is 0 Å². The van der Waals surface area contributed by atoms with Gasteiger partial charge in [0.1, 0.15) is 0 Å². The summed E-state index contributed by atoms with van der Waals surface area (Å²) in [4.78, 5) is 10.1. The lowest BCUT2D eigenvalue weighted by atomic mass is 9.85. The molecule has 5 heteroatoms. The van der Waals surface area contributed by atoms with Crippen molar-refractivity contribution in [3.8, 4) is 0 Å². The number of hydrogen-bond acceptors (Lipinski definition) is 3. The van der Waals surface area contributed by atoms with Crippen LogP contribution >= 0.6 is 22.6 Å². The van der Waals surface area contributed by atoms with E-state index < -0.39 is 11.0 Å². The maximum Gasteiger partial charge on any atom is 0.270 e. The van der Waals surface area contributed by atoms with Crippen LogP contribution in [0.1, 0.15) is 32.4 Å². The van der Waals surface area contributed by atoms with Crippen LogP contribution in [0.15, 0.2) is 18.2 Å². The van der Waals surface area contributed by atoms with Crippen molar-refractivity contribution < 1.29 is 10.0 Å². The van der Waals surface area contributed by atoms with E-state index in [2.05, 4.69) is 0 Å². The number of hydrogen-bond donors (Lipinski definition) is 1. The Hall–Kier alpha value is -0.690. The van der Waals surface area contributed by atoms with E-state index in [1.165, 1.54) is 12.1 Å². The summed E-state index contributed by atoms with van der Waals surface area (Å²) in [6.07, 6.45) is -0.625. The Labute approximate surface area is 108 Å². The first-order valence-corrected chi connectivity index (χ1v) is 5.93. The lowest BCUT2D eigenvalue weighted by molar-refractivity contribution is -0.385. The van der Waals surface area contributed by atoms with E-state index >= 15 is 0 Å². The van der Waals surface area contributed by atoms with Gasteiger partial charge in [-0.05, 0) is 39.6 Å². The zero-order valence-corrected chi connectivity index (χ0v) is 11.6. The minimum absolute atomic E-state index is 0.0502. The van der Waals surface area contributed by atoms with Gasteiger partial charge in [-0.1, -0.05) is 20.8 Å². The molecule has 0 aliphatic carbocycles. The van der Waals surface area contributed by atoms with Gasteiger partial charge in [-0.15, -0.1) is 0 Å². The highest BCUT2D eigenvalue weighted by Crippen LogP contribution is 2.35. The molecule has 1 aromatic carbocycles. The number of nitro benzene ring substituents is 1. The second-order valence-electron chi connectivity index (χ2n) is 4.73. The third-order valence-corrected chi connectivity index (χ3v) is 3.24. The Morgan fingerprint density at radius 2 is 2.00 bits per heavy atom. The number of non-ortho nitro benzene ring substituents is 1. The summed E-state index contributed by atoms with van der Waals surface area (Å²) >= 11 is 2.01. The van der Waals surface area contributed by atoms with E-state index in [1.54, 1.807) is 6.07 Å². The largest absolute Gasteiger partial charge is 0.388 e. The summed E-state index contributed by atoms with van der Waals surface area (Å²) in [5, 5.41) is 20.7. The van der Waals surface area contributed by atoms with Gasteiger partial charge in [-0.3, -0.25) is 10.1 Å². The Morgan fingerprint density at radius 3 is 2.38 bits per heavy atom. The van der Waals surface area contributed by atoms with Crippen molar-refractivity contribution in [2.45, 2.75) is 26.9 Å². The van der Waals surface area contributed by atoms with E-state index in [4.69, 9.17) is 0 Å². The summed E-state index contributed by atoms with van der Waals surface area (Å²) in [5.41, 5.74) is 0.503. The highest BCUT2D eigenvalue weighted by atomic mass is 127. The molecule has 1 atom stereocenters. The van der Waals surface area contributed by atoms with Gasteiger partial charge < -0.3 is 5.11 Å². The summed E-state index contributed by atoms with van der Waals surface area (Å²) < 4.78 is 0.717. The van der Waals surface area contributed by atoms with Crippen LogP contribution in [0.4, 0.5) is 5.69 Å². The normalized spacial score (nSPS) is 13.6. The lowest BCUT2D eigenvalue weighted by Crippen LogP contribution is -2.18. The predicted molar refractivity (Wildman–Crippen MR) is 70.2 cm³/mol. The number of rotatable bonds is 2. The molecule has 0 saturated carbocycles. The van der Waals surface area contributed by atoms with Crippen LogP contribution in [0.5, 0.6) is 0 Å². The van der Waals surface area contributed by atoms with E-state index in [0.717, 1.165) is 5.56 Å². The van der Waals surface area contributed by atoms with Gasteiger partial charge in [0.25, 0.3) is 5.69 Å². The molecule has 1 aromatic rings. The van der Waals surface area contributed by atoms with Crippen LogP contribution in [-0.4, -0.2) is 10.0 Å². The van der Waals surface area contributed by atoms with Crippen molar-refractivity contribution in [1.82, 2.24) is 0 Å². The zero-order valence-electron chi connectivity index (χ0n) is 9.40. The SMILES string of the molecule is CC(C)(C)C(O)c1ccc([N+](=O)[O-])cc1I. The van der Waals surface area contributed by atoms with Crippen LogP contribution < -0.4 is 0 Å². The fourth-order valence-electron chi connectivity index (χ4n) is 1.32. The molecule has 0 aliphatic rings. The van der Waals surface area contributed by atoms with Gasteiger partial charge in [0.15, 0.2) is 0 Å². The summed E-state index contributed by atoms with van der Waals surface area (Å²) in [5.74, 6) is 0. The molecule has 0 heterocycles. The van der Waals surface area contributed by atoms with Gasteiger partial charge in [-0.2, -0.15) is 0 Å². The molecule has 0 spiro atoms. The van der Waals surface area contributed by atoms with E-state index in [1.807, 2.05) is 43.4 Å². The zero-order chi connectivity index (χ0) is 12.5. The monoisotopic (exact) mass is 335 g/mol. The number of aliphatic hydroxyl groups excluding tert-OH is 1. The Bertz CT molecular complexity index is 412. The predicted octanol–water partition coefficient (Wildman–Crippen LogP) is 3.28. The molecule has 0 saturated heterocycles. The van der Waals surface area contributed by atoms with Crippen LogP contribution in [0.2, 0.25) is 0 Å². The minimum atomic E-state index is -0.625. The van der Waals surface area contributed by atoms with Crippen molar-refractivity contribution in [3.05, 3.63) is 37.4 Å². The maximum absolute atomic E-state index is 10.6. The first-order chi connectivity index (χ1) is 7.23. The number of benzene rings is 1. The first-order valence-electron chi connectivity index (χ1n) is 4.85.